The molecule has 0 bridgehead atoms. The maximum atomic E-state index is 11.9. The monoisotopic (exact) mass is 296 g/mol. The van der Waals surface area contributed by atoms with Gasteiger partial charge in [-0.3, -0.25) is 14.6 Å². The Labute approximate surface area is 129 Å². The van der Waals surface area contributed by atoms with Crippen LogP contribution in [0, 0.1) is 0 Å². The van der Waals surface area contributed by atoms with Crippen molar-refractivity contribution in [1.29, 1.82) is 0 Å². The first-order valence-corrected chi connectivity index (χ1v) is 8.69. The Bertz CT molecular complexity index is 317. The van der Waals surface area contributed by atoms with Gasteiger partial charge in [0.05, 0.1) is 0 Å². The van der Waals surface area contributed by atoms with E-state index in [0.29, 0.717) is 19.0 Å². The maximum absolute atomic E-state index is 11.9. The number of carbonyl (C=O) groups is 1. The molecule has 0 aromatic heterocycles. The molecule has 2 atom stereocenters. The smallest absolute Gasteiger partial charge is 0.221 e. The van der Waals surface area contributed by atoms with E-state index in [1.54, 1.807) is 0 Å². The Morgan fingerprint density at radius 2 is 2.05 bits per heavy atom. The molecule has 0 aliphatic carbocycles. The van der Waals surface area contributed by atoms with Crippen LogP contribution in [-0.4, -0.2) is 67.1 Å². The lowest BCUT2D eigenvalue weighted by Gasteiger charge is -2.33. The molecule has 2 rings (SSSR count). The van der Waals surface area contributed by atoms with Crippen molar-refractivity contribution >= 4 is 5.91 Å². The summed E-state index contributed by atoms with van der Waals surface area (Å²) < 4.78 is 0. The highest BCUT2D eigenvalue weighted by molar-refractivity contribution is 5.76. The topological polar surface area (TPSA) is 61.6 Å². The lowest BCUT2D eigenvalue weighted by Crippen LogP contribution is -2.46. The minimum Gasteiger partial charge on any atom is -0.356 e. The van der Waals surface area contributed by atoms with Crippen molar-refractivity contribution in [2.45, 2.75) is 57.5 Å². The summed E-state index contributed by atoms with van der Waals surface area (Å²) in [4.78, 5) is 17.0. The van der Waals surface area contributed by atoms with Crippen LogP contribution in [0.5, 0.6) is 0 Å². The van der Waals surface area contributed by atoms with Crippen molar-refractivity contribution in [3.63, 3.8) is 0 Å². The summed E-state index contributed by atoms with van der Waals surface area (Å²) >= 11 is 0. The van der Waals surface area contributed by atoms with Gasteiger partial charge in [0.25, 0.3) is 0 Å². The number of piperidine rings is 1. The second-order valence-corrected chi connectivity index (χ2v) is 6.48. The molecule has 0 aromatic rings. The Morgan fingerprint density at radius 1 is 1.29 bits per heavy atom. The highest BCUT2D eigenvalue weighted by atomic mass is 16.1. The van der Waals surface area contributed by atoms with Gasteiger partial charge in [-0.25, -0.2) is 0 Å². The molecule has 3 N–H and O–H groups in total. The Balaban J connectivity index is 1.78. The molecule has 2 aliphatic rings. The molecular formula is C16H32N4O. The molecule has 2 fully saturated rings. The molecule has 2 saturated heterocycles. The SMILES string of the molecule is CCCNC(=O)CC(CN)N1CCC(N2CCCCC2)C1. The number of rotatable bonds is 7. The largest absolute Gasteiger partial charge is 0.356 e. The van der Waals surface area contributed by atoms with Gasteiger partial charge in [0, 0.05) is 44.7 Å². The molecule has 1 amide bonds. The van der Waals surface area contributed by atoms with Gasteiger partial charge in [-0.05, 0) is 38.8 Å². The predicted molar refractivity (Wildman–Crippen MR) is 86.2 cm³/mol. The lowest BCUT2D eigenvalue weighted by molar-refractivity contribution is -0.122. The van der Waals surface area contributed by atoms with E-state index in [0.717, 1.165) is 26.1 Å². The summed E-state index contributed by atoms with van der Waals surface area (Å²) in [5.41, 5.74) is 5.92. The molecule has 2 unspecified atom stereocenters. The summed E-state index contributed by atoms with van der Waals surface area (Å²) in [5, 5.41) is 2.96. The first kappa shape index (κ1) is 16.7. The molecule has 0 spiro atoms. The van der Waals surface area contributed by atoms with Gasteiger partial charge in [0.2, 0.25) is 5.91 Å². The lowest BCUT2D eigenvalue weighted by atomic mass is 10.1. The molecule has 0 saturated carbocycles. The van der Waals surface area contributed by atoms with E-state index in [9.17, 15) is 4.79 Å². The third-order valence-electron chi connectivity index (χ3n) is 4.88. The van der Waals surface area contributed by atoms with Crippen molar-refractivity contribution in [2.24, 2.45) is 5.73 Å². The zero-order valence-electron chi connectivity index (χ0n) is 13.5. The highest BCUT2D eigenvalue weighted by Gasteiger charge is 2.32. The van der Waals surface area contributed by atoms with Crippen molar-refractivity contribution in [3.8, 4) is 0 Å². The van der Waals surface area contributed by atoms with Gasteiger partial charge in [-0.1, -0.05) is 13.3 Å². The number of amides is 1. The quantitative estimate of drug-likeness (QED) is 0.729. The molecule has 21 heavy (non-hydrogen) atoms. The number of nitrogens with one attached hydrogen (secondary N) is 1. The molecule has 2 aliphatic heterocycles. The number of nitrogens with zero attached hydrogens (tertiary/aromatic N) is 2. The number of likely N-dealkylation sites (tertiary alicyclic amines) is 2. The van der Waals surface area contributed by atoms with Gasteiger partial charge in [-0.2, -0.15) is 0 Å². The van der Waals surface area contributed by atoms with Crippen LogP contribution in [0.1, 0.15) is 45.4 Å². The standard InChI is InChI=1S/C16H32N4O/c1-2-7-18-16(21)11-15(12-17)20-10-6-14(13-20)19-8-4-3-5-9-19/h14-15H,2-13,17H2,1H3,(H,18,21). The summed E-state index contributed by atoms with van der Waals surface area (Å²) in [7, 11) is 0. The van der Waals surface area contributed by atoms with Crippen molar-refractivity contribution in [1.82, 2.24) is 15.1 Å². The van der Waals surface area contributed by atoms with E-state index >= 15 is 0 Å². The fraction of sp³-hybridized carbons (Fsp3) is 0.938. The van der Waals surface area contributed by atoms with Gasteiger partial charge < -0.3 is 11.1 Å². The average molecular weight is 296 g/mol. The van der Waals surface area contributed by atoms with E-state index in [4.69, 9.17) is 5.73 Å². The van der Waals surface area contributed by atoms with Crippen LogP contribution in [0.3, 0.4) is 0 Å². The Kier molecular flexibility index (Phi) is 6.93. The van der Waals surface area contributed by atoms with Crippen molar-refractivity contribution in [2.75, 3.05) is 39.3 Å². The van der Waals surface area contributed by atoms with Gasteiger partial charge >= 0.3 is 0 Å². The number of hydrogen-bond donors (Lipinski definition) is 2. The van der Waals surface area contributed by atoms with Crippen LogP contribution in [0.15, 0.2) is 0 Å². The normalized spacial score (nSPS) is 25.9. The fourth-order valence-electron chi connectivity index (χ4n) is 3.59. The molecule has 0 radical (unpaired) electrons. The number of carbonyl (C=O) groups excluding carboxylic acids is 1. The Morgan fingerprint density at radius 3 is 2.71 bits per heavy atom. The van der Waals surface area contributed by atoms with Crippen molar-refractivity contribution in [3.05, 3.63) is 0 Å². The predicted octanol–water partition coefficient (Wildman–Crippen LogP) is 0.790. The zero-order valence-corrected chi connectivity index (χ0v) is 13.5. The highest BCUT2D eigenvalue weighted by Crippen LogP contribution is 2.22. The third-order valence-corrected chi connectivity index (χ3v) is 4.88. The number of hydrogen-bond acceptors (Lipinski definition) is 4. The zero-order chi connectivity index (χ0) is 15.1. The van der Waals surface area contributed by atoms with Gasteiger partial charge in [0.1, 0.15) is 0 Å². The van der Waals surface area contributed by atoms with Crippen molar-refractivity contribution < 1.29 is 4.79 Å². The molecule has 2 heterocycles. The van der Waals surface area contributed by atoms with E-state index in [1.807, 2.05) is 0 Å². The van der Waals surface area contributed by atoms with Gasteiger partial charge in [-0.15, -0.1) is 0 Å². The second-order valence-electron chi connectivity index (χ2n) is 6.48. The summed E-state index contributed by atoms with van der Waals surface area (Å²) in [6, 6.07) is 0.884. The third kappa shape index (κ3) is 4.94. The van der Waals surface area contributed by atoms with E-state index in [2.05, 4.69) is 22.0 Å². The second kappa shape index (κ2) is 8.71. The summed E-state index contributed by atoms with van der Waals surface area (Å²) in [6.45, 7) is 8.10. The molecule has 0 aromatic carbocycles. The van der Waals surface area contributed by atoms with Crippen LogP contribution < -0.4 is 11.1 Å². The van der Waals surface area contributed by atoms with Crippen LogP contribution in [0.25, 0.3) is 0 Å². The summed E-state index contributed by atoms with van der Waals surface area (Å²) in [6.07, 6.45) is 6.83. The van der Waals surface area contributed by atoms with Crippen LogP contribution in [0.4, 0.5) is 0 Å². The van der Waals surface area contributed by atoms with Crippen LogP contribution >= 0.6 is 0 Å². The maximum Gasteiger partial charge on any atom is 0.221 e. The molecular weight excluding hydrogens is 264 g/mol. The number of nitrogens with two attached hydrogens (primary N) is 1. The molecule has 5 nitrogen and oxygen atoms in total. The van der Waals surface area contributed by atoms with Gasteiger partial charge in [0.15, 0.2) is 0 Å². The molecule has 5 heteroatoms. The minimum absolute atomic E-state index is 0.147. The van der Waals surface area contributed by atoms with Crippen LogP contribution in [-0.2, 0) is 4.79 Å². The fourth-order valence-corrected chi connectivity index (χ4v) is 3.59. The Hall–Kier alpha value is -0.650. The minimum atomic E-state index is 0.147. The summed E-state index contributed by atoms with van der Waals surface area (Å²) in [5.74, 6) is 0.147. The van der Waals surface area contributed by atoms with E-state index in [1.165, 1.54) is 38.8 Å². The molecule has 122 valence electrons. The first-order chi connectivity index (χ1) is 10.2. The van der Waals surface area contributed by atoms with Crippen LogP contribution in [0.2, 0.25) is 0 Å². The average Bonchev–Trinajstić information content (AvgIpc) is 3.01. The van der Waals surface area contributed by atoms with E-state index < -0.39 is 0 Å². The van der Waals surface area contributed by atoms with E-state index in [-0.39, 0.29) is 11.9 Å². The first-order valence-electron chi connectivity index (χ1n) is 8.69.